The summed E-state index contributed by atoms with van der Waals surface area (Å²) in [7, 11) is 0. The number of hydrogen-bond donors (Lipinski definition) is 2. The van der Waals surface area contributed by atoms with Crippen molar-refractivity contribution in [2.45, 2.75) is 38.3 Å². The maximum Gasteiger partial charge on any atom is 0.333 e. The average Bonchev–Trinajstić information content (AvgIpc) is 2.80. The van der Waals surface area contributed by atoms with E-state index < -0.39 is 29.7 Å². The molecule has 1 aromatic heterocycles. The summed E-state index contributed by atoms with van der Waals surface area (Å²) < 4.78 is 7.58. The average molecular weight is 280 g/mol. The van der Waals surface area contributed by atoms with Gasteiger partial charge in [0, 0.05) is 18.2 Å². The molecule has 0 aliphatic carbocycles. The van der Waals surface area contributed by atoms with E-state index in [1.807, 2.05) is 0 Å². The first-order valence-corrected chi connectivity index (χ1v) is 6.20. The van der Waals surface area contributed by atoms with Crippen molar-refractivity contribution in [1.29, 1.82) is 0 Å². The van der Waals surface area contributed by atoms with Gasteiger partial charge in [0.1, 0.15) is 12.3 Å². The normalized spacial score (nSPS) is 25.6. The standard InChI is InChI=1S/C13H16N2O5/c1-3-4-14-12(18)8(2)6-15(13(14)19)11-5-9(17)10(7-16)20-11/h1,6,9-11,16-17H,4-5,7H2,2H3/t9-,10+,11+/m0/s1. The minimum atomic E-state index is -0.856. The lowest BCUT2D eigenvalue weighted by atomic mass is 10.2. The van der Waals surface area contributed by atoms with E-state index in [2.05, 4.69) is 5.92 Å². The predicted molar refractivity (Wildman–Crippen MR) is 70.2 cm³/mol. The molecular formula is C13H16N2O5. The van der Waals surface area contributed by atoms with Crippen LogP contribution in [0.25, 0.3) is 0 Å². The molecule has 2 N–H and O–H groups in total. The largest absolute Gasteiger partial charge is 0.394 e. The van der Waals surface area contributed by atoms with Crippen LogP contribution in [0.3, 0.4) is 0 Å². The Hall–Kier alpha value is -1.88. The molecule has 0 amide bonds. The van der Waals surface area contributed by atoms with E-state index in [4.69, 9.17) is 16.3 Å². The Morgan fingerprint density at radius 2 is 2.25 bits per heavy atom. The number of hydrogen-bond acceptors (Lipinski definition) is 5. The third kappa shape index (κ3) is 2.41. The molecule has 20 heavy (non-hydrogen) atoms. The van der Waals surface area contributed by atoms with Gasteiger partial charge in [-0.25, -0.2) is 9.36 Å². The molecule has 1 aliphatic rings. The minimum absolute atomic E-state index is 0.127. The Bertz CT molecular complexity index is 654. The van der Waals surface area contributed by atoms with E-state index in [0.717, 1.165) is 4.57 Å². The summed E-state index contributed by atoms with van der Waals surface area (Å²) in [6.45, 7) is 1.10. The van der Waals surface area contributed by atoms with Gasteiger partial charge in [-0.05, 0) is 6.92 Å². The van der Waals surface area contributed by atoms with Gasteiger partial charge in [-0.3, -0.25) is 9.36 Å². The van der Waals surface area contributed by atoms with Crippen LogP contribution in [0, 0.1) is 19.3 Å². The van der Waals surface area contributed by atoms with E-state index in [1.54, 1.807) is 6.92 Å². The summed E-state index contributed by atoms with van der Waals surface area (Å²) in [6.07, 6.45) is 4.39. The summed E-state index contributed by atoms with van der Waals surface area (Å²) >= 11 is 0. The Labute approximate surface area is 115 Å². The smallest absolute Gasteiger partial charge is 0.333 e. The van der Waals surface area contributed by atoms with Crippen LogP contribution in [0.5, 0.6) is 0 Å². The van der Waals surface area contributed by atoms with Gasteiger partial charge in [-0.1, -0.05) is 5.92 Å². The van der Waals surface area contributed by atoms with Crippen LogP contribution in [0.1, 0.15) is 18.2 Å². The van der Waals surface area contributed by atoms with Crippen molar-refractivity contribution in [3.05, 3.63) is 32.6 Å². The number of aliphatic hydroxyl groups is 2. The third-order valence-corrected chi connectivity index (χ3v) is 3.31. The SMILES string of the molecule is C#CCn1c(=O)c(C)cn([C@H]2C[C@H](O)[C@@H](CO)O2)c1=O. The molecule has 0 bridgehead atoms. The lowest BCUT2D eigenvalue weighted by Crippen LogP contribution is -2.42. The molecule has 0 unspecified atom stereocenters. The number of aliphatic hydroxyl groups excluding tert-OH is 2. The summed E-state index contributed by atoms with van der Waals surface area (Å²) in [5.41, 5.74) is -0.679. The first kappa shape index (κ1) is 14.5. The van der Waals surface area contributed by atoms with Gasteiger partial charge in [-0.15, -0.1) is 6.42 Å². The van der Waals surface area contributed by atoms with E-state index in [-0.39, 0.29) is 19.6 Å². The highest BCUT2D eigenvalue weighted by molar-refractivity contribution is 5.05. The van der Waals surface area contributed by atoms with Gasteiger partial charge in [0.2, 0.25) is 0 Å². The second-order valence-corrected chi connectivity index (χ2v) is 4.71. The molecule has 1 aliphatic heterocycles. The molecule has 108 valence electrons. The second-order valence-electron chi connectivity index (χ2n) is 4.71. The molecular weight excluding hydrogens is 264 g/mol. The van der Waals surface area contributed by atoms with Gasteiger partial charge in [0.25, 0.3) is 5.56 Å². The lowest BCUT2D eigenvalue weighted by Gasteiger charge is -2.16. The van der Waals surface area contributed by atoms with E-state index in [1.165, 1.54) is 10.8 Å². The lowest BCUT2D eigenvalue weighted by molar-refractivity contribution is -0.0463. The quantitative estimate of drug-likeness (QED) is 0.664. The summed E-state index contributed by atoms with van der Waals surface area (Å²) in [5, 5.41) is 18.8. The highest BCUT2D eigenvalue weighted by Crippen LogP contribution is 2.27. The molecule has 3 atom stereocenters. The predicted octanol–water partition coefficient (Wildman–Crippen LogP) is -1.41. The molecule has 2 heterocycles. The molecule has 7 heteroatoms. The summed E-state index contributed by atoms with van der Waals surface area (Å²) in [4.78, 5) is 24.1. The number of terminal acetylenes is 1. The zero-order valence-corrected chi connectivity index (χ0v) is 11.0. The van der Waals surface area contributed by atoms with Crippen molar-refractivity contribution in [1.82, 2.24) is 9.13 Å². The first-order valence-electron chi connectivity index (χ1n) is 6.20. The molecule has 0 aromatic carbocycles. The van der Waals surface area contributed by atoms with Crippen LogP contribution >= 0.6 is 0 Å². The monoisotopic (exact) mass is 280 g/mol. The van der Waals surface area contributed by atoms with Crippen molar-refractivity contribution < 1.29 is 14.9 Å². The van der Waals surface area contributed by atoms with Gasteiger partial charge in [0.15, 0.2) is 0 Å². The molecule has 1 aromatic rings. The zero-order valence-electron chi connectivity index (χ0n) is 11.0. The fourth-order valence-corrected chi connectivity index (χ4v) is 2.25. The van der Waals surface area contributed by atoms with Crippen molar-refractivity contribution >= 4 is 0 Å². The zero-order chi connectivity index (χ0) is 14.9. The first-order chi connectivity index (χ1) is 9.49. The van der Waals surface area contributed by atoms with Crippen LogP contribution in [0.4, 0.5) is 0 Å². The Balaban J connectivity index is 2.47. The highest BCUT2D eigenvalue weighted by Gasteiger charge is 2.35. The van der Waals surface area contributed by atoms with Gasteiger partial charge in [-0.2, -0.15) is 0 Å². The number of ether oxygens (including phenoxy) is 1. The molecule has 7 nitrogen and oxygen atoms in total. The molecule has 0 spiro atoms. The third-order valence-electron chi connectivity index (χ3n) is 3.31. The second kappa shape index (κ2) is 5.63. The van der Waals surface area contributed by atoms with E-state index in [9.17, 15) is 14.7 Å². The molecule has 0 saturated carbocycles. The molecule has 1 saturated heterocycles. The van der Waals surface area contributed by atoms with Crippen LogP contribution in [-0.2, 0) is 11.3 Å². The molecule has 0 radical (unpaired) electrons. The highest BCUT2D eigenvalue weighted by atomic mass is 16.5. The van der Waals surface area contributed by atoms with Crippen LogP contribution in [-0.4, -0.2) is 38.2 Å². The van der Waals surface area contributed by atoms with Crippen molar-refractivity contribution in [3.8, 4) is 12.3 Å². The number of aromatic nitrogens is 2. The van der Waals surface area contributed by atoms with E-state index in [0.29, 0.717) is 5.56 Å². The maximum atomic E-state index is 12.2. The van der Waals surface area contributed by atoms with Crippen LogP contribution < -0.4 is 11.2 Å². The fourth-order valence-electron chi connectivity index (χ4n) is 2.25. The Kier molecular flexibility index (Phi) is 4.09. The maximum absolute atomic E-state index is 12.2. The van der Waals surface area contributed by atoms with E-state index >= 15 is 0 Å². The number of aryl methyl sites for hydroxylation is 1. The van der Waals surface area contributed by atoms with Crippen molar-refractivity contribution in [2.75, 3.05) is 6.61 Å². The topological polar surface area (TPSA) is 93.7 Å². The fraction of sp³-hybridized carbons (Fsp3) is 0.538. The van der Waals surface area contributed by atoms with Gasteiger partial charge in [0.05, 0.1) is 19.3 Å². The summed E-state index contributed by atoms with van der Waals surface area (Å²) in [5.74, 6) is 2.26. The molecule has 2 rings (SSSR count). The Morgan fingerprint density at radius 3 is 2.80 bits per heavy atom. The summed E-state index contributed by atoms with van der Waals surface area (Å²) in [6, 6.07) is 0. The minimum Gasteiger partial charge on any atom is -0.394 e. The number of rotatable bonds is 3. The Morgan fingerprint density at radius 1 is 1.55 bits per heavy atom. The molecule has 1 fully saturated rings. The van der Waals surface area contributed by atoms with Crippen LogP contribution in [0.2, 0.25) is 0 Å². The van der Waals surface area contributed by atoms with Crippen molar-refractivity contribution in [2.24, 2.45) is 0 Å². The van der Waals surface area contributed by atoms with Gasteiger partial charge < -0.3 is 14.9 Å². The van der Waals surface area contributed by atoms with Gasteiger partial charge >= 0.3 is 5.69 Å². The number of nitrogens with zero attached hydrogens (tertiary/aromatic N) is 2. The van der Waals surface area contributed by atoms with Crippen LogP contribution in [0.15, 0.2) is 15.8 Å². The van der Waals surface area contributed by atoms with Crippen molar-refractivity contribution in [3.63, 3.8) is 0 Å².